The Morgan fingerprint density at radius 1 is 1.27 bits per heavy atom. The van der Waals surface area contributed by atoms with Crippen LogP contribution in [0.5, 0.6) is 5.75 Å². The third-order valence-corrected chi connectivity index (χ3v) is 5.59. The number of hydrogen-bond acceptors (Lipinski definition) is 5. The molecule has 1 aromatic carbocycles. The zero-order valence-electron chi connectivity index (χ0n) is 17.9. The fourth-order valence-electron chi connectivity index (χ4n) is 3.67. The van der Waals surface area contributed by atoms with Gasteiger partial charge in [0.25, 0.3) is 5.91 Å². The Morgan fingerprint density at radius 2 is 1.97 bits per heavy atom. The number of H-pyrrole nitrogens is 1. The lowest BCUT2D eigenvalue weighted by molar-refractivity contribution is -0.120. The maximum absolute atomic E-state index is 13.0. The number of rotatable bonds is 8. The van der Waals surface area contributed by atoms with Crippen molar-refractivity contribution in [2.45, 2.75) is 32.7 Å². The van der Waals surface area contributed by atoms with E-state index in [0.29, 0.717) is 35.8 Å². The fourth-order valence-corrected chi connectivity index (χ4v) is 3.67. The first-order valence-corrected chi connectivity index (χ1v) is 10.4. The average molecular weight is 414 g/mol. The smallest absolute Gasteiger partial charge is 0.261 e. The Bertz CT molecular complexity index is 812. The first-order valence-electron chi connectivity index (χ1n) is 10.4. The lowest BCUT2D eigenvalue weighted by Gasteiger charge is -2.34. The van der Waals surface area contributed by atoms with E-state index in [2.05, 4.69) is 34.0 Å². The number of nitrogens with one attached hydrogen (secondary N) is 2. The number of ether oxygens (including phenoxy) is 1. The summed E-state index contributed by atoms with van der Waals surface area (Å²) in [4.78, 5) is 36.6. The molecule has 0 saturated carbocycles. The topological polar surface area (TPSA) is 90.6 Å². The second-order valence-electron chi connectivity index (χ2n) is 7.91. The number of aromatic amines is 1. The number of piperidine rings is 1. The number of anilines is 1. The van der Waals surface area contributed by atoms with Crippen LogP contribution in [0.25, 0.3) is 0 Å². The summed E-state index contributed by atoms with van der Waals surface area (Å²) >= 11 is 0. The van der Waals surface area contributed by atoms with Crippen molar-refractivity contribution in [2.24, 2.45) is 5.92 Å². The molecule has 8 nitrogen and oxygen atoms in total. The molecule has 1 aromatic heterocycles. The molecule has 1 aliphatic rings. The highest BCUT2D eigenvalue weighted by Crippen LogP contribution is 2.19. The van der Waals surface area contributed by atoms with Gasteiger partial charge in [-0.1, -0.05) is 0 Å². The highest BCUT2D eigenvalue weighted by atomic mass is 16.5. The van der Waals surface area contributed by atoms with Crippen molar-refractivity contribution < 1.29 is 14.3 Å². The van der Waals surface area contributed by atoms with Crippen molar-refractivity contribution in [3.8, 4) is 5.75 Å². The Labute approximate surface area is 177 Å². The van der Waals surface area contributed by atoms with Crippen molar-refractivity contribution >= 4 is 17.8 Å². The van der Waals surface area contributed by atoms with Crippen LogP contribution in [-0.4, -0.2) is 66.0 Å². The number of carbonyl (C=O) groups excluding carboxylic acids is 2. The molecule has 0 unspecified atom stereocenters. The van der Waals surface area contributed by atoms with Gasteiger partial charge in [-0.15, -0.1) is 0 Å². The van der Waals surface area contributed by atoms with Crippen LogP contribution in [0.4, 0.5) is 5.95 Å². The molecule has 2 aromatic rings. The summed E-state index contributed by atoms with van der Waals surface area (Å²) in [7, 11) is 1.57. The lowest BCUT2D eigenvalue weighted by Crippen LogP contribution is -2.45. The summed E-state index contributed by atoms with van der Waals surface area (Å²) in [6.45, 7) is 7.09. The maximum Gasteiger partial charge on any atom is 0.261 e. The van der Waals surface area contributed by atoms with Gasteiger partial charge >= 0.3 is 0 Å². The summed E-state index contributed by atoms with van der Waals surface area (Å²) in [5.74, 6) is 0.986. The van der Waals surface area contributed by atoms with E-state index in [9.17, 15) is 9.59 Å². The molecule has 0 aliphatic carbocycles. The number of imidazole rings is 1. The number of benzene rings is 1. The molecule has 0 atom stereocenters. The van der Waals surface area contributed by atoms with Gasteiger partial charge in [0.05, 0.1) is 7.11 Å². The van der Waals surface area contributed by atoms with E-state index in [4.69, 9.17) is 4.74 Å². The number of carbonyl (C=O) groups is 2. The maximum atomic E-state index is 13.0. The van der Waals surface area contributed by atoms with Gasteiger partial charge in [0.1, 0.15) is 12.3 Å². The van der Waals surface area contributed by atoms with Crippen LogP contribution in [0.3, 0.4) is 0 Å². The third kappa shape index (κ3) is 5.60. The average Bonchev–Trinajstić information content (AvgIpc) is 3.30. The van der Waals surface area contributed by atoms with Gasteiger partial charge in [-0.3, -0.25) is 14.5 Å². The monoisotopic (exact) mass is 413 g/mol. The van der Waals surface area contributed by atoms with Gasteiger partial charge in [0, 0.05) is 30.5 Å². The molecule has 8 heteroatoms. The minimum absolute atomic E-state index is 0.0940. The largest absolute Gasteiger partial charge is 0.497 e. The van der Waals surface area contributed by atoms with Gasteiger partial charge in [-0.2, -0.15) is 0 Å². The molecule has 162 valence electrons. The molecule has 0 bridgehead atoms. The van der Waals surface area contributed by atoms with Crippen LogP contribution in [-0.2, 0) is 4.79 Å². The van der Waals surface area contributed by atoms with Gasteiger partial charge in [0.15, 0.2) is 0 Å². The van der Waals surface area contributed by atoms with E-state index in [1.807, 2.05) is 0 Å². The lowest BCUT2D eigenvalue weighted by atomic mass is 9.96. The van der Waals surface area contributed by atoms with Crippen LogP contribution in [0.2, 0.25) is 0 Å². The molecule has 3 rings (SSSR count). The van der Waals surface area contributed by atoms with E-state index < -0.39 is 0 Å². The van der Waals surface area contributed by atoms with Crippen molar-refractivity contribution in [1.29, 1.82) is 0 Å². The number of methoxy groups -OCH3 is 1. The van der Waals surface area contributed by atoms with Gasteiger partial charge < -0.3 is 19.9 Å². The third-order valence-electron chi connectivity index (χ3n) is 5.59. The summed E-state index contributed by atoms with van der Waals surface area (Å²) in [5.41, 5.74) is 0.459. The first kappa shape index (κ1) is 21.8. The Kier molecular flexibility index (Phi) is 7.46. The molecule has 2 N–H and O–H groups in total. The summed E-state index contributed by atoms with van der Waals surface area (Å²) in [6, 6.07) is 7.36. The number of hydrogen-bond donors (Lipinski definition) is 2. The second-order valence-corrected chi connectivity index (χ2v) is 7.91. The minimum atomic E-state index is -0.298. The molecule has 1 saturated heterocycles. The quantitative estimate of drug-likeness (QED) is 0.693. The van der Waals surface area contributed by atoms with Crippen LogP contribution in [0.1, 0.15) is 37.0 Å². The van der Waals surface area contributed by atoms with E-state index in [0.717, 1.165) is 25.9 Å². The molecule has 1 aliphatic heterocycles. The summed E-state index contributed by atoms with van der Waals surface area (Å²) < 4.78 is 5.14. The fraction of sp³-hybridized carbons (Fsp3) is 0.500. The van der Waals surface area contributed by atoms with E-state index in [-0.39, 0.29) is 18.4 Å². The predicted molar refractivity (Wildman–Crippen MR) is 116 cm³/mol. The summed E-state index contributed by atoms with van der Waals surface area (Å²) in [5, 5.41) is 3.00. The van der Waals surface area contributed by atoms with Crippen LogP contribution in [0, 0.1) is 5.92 Å². The number of likely N-dealkylation sites (tertiary alicyclic amines) is 1. The van der Waals surface area contributed by atoms with Crippen molar-refractivity contribution in [2.75, 3.05) is 38.2 Å². The Balaban J connectivity index is 1.58. The highest BCUT2D eigenvalue weighted by molar-refractivity contribution is 6.07. The SMILES string of the molecule is COc1ccc(C(=O)N(CC(=O)NCC2CCN(C(C)C)CC2)c2ncc[nH]2)cc1. The van der Waals surface area contributed by atoms with Gasteiger partial charge in [0.2, 0.25) is 11.9 Å². The van der Waals surface area contributed by atoms with Crippen molar-refractivity contribution in [3.05, 3.63) is 42.2 Å². The molecular formula is C22H31N5O3. The minimum Gasteiger partial charge on any atom is -0.497 e. The molecule has 30 heavy (non-hydrogen) atoms. The standard InChI is InChI=1S/C22H31N5O3/c1-16(2)26-12-8-17(9-13-26)14-25-20(28)15-27(22-23-10-11-24-22)21(29)18-4-6-19(30-3)7-5-18/h4-7,10-11,16-17H,8-9,12-15H2,1-3H3,(H,23,24)(H,25,28). The molecule has 0 spiro atoms. The van der Waals surface area contributed by atoms with Crippen LogP contribution >= 0.6 is 0 Å². The zero-order chi connectivity index (χ0) is 21.5. The van der Waals surface area contributed by atoms with Crippen LogP contribution in [0.15, 0.2) is 36.7 Å². The highest BCUT2D eigenvalue weighted by Gasteiger charge is 2.24. The molecule has 2 amide bonds. The Hall–Kier alpha value is -2.87. The second kappa shape index (κ2) is 10.2. The molecule has 0 radical (unpaired) electrons. The zero-order valence-corrected chi connectivity index (χ0v) is 17.9. The molecule has 1 fully saturated rings. The van der Waals surface area contributed by atoms with E-state index in [1.54, 1.807) is 43.8 Å². The normalized spacial score (nSPS) is 15.2. The molecular weight excluding hydrogens is 382 g/mol. The first-order chi connectivity index (χ1) is 14.5. The van der Waals surface area contributed by atoms with Crippen LogP contribution < -0.4 is 15.0 Å². The van der Waals surface area contributed by atoms with Gasteiger partial charge in [-0.25, -0.2) is 4.98 Å². The van der Waals surface area contributed by atoms with Gasteiger partial charge in [-0.05, 0) is 70.0 Å². The number of aromatic nitrogens is 2. The van der Waals surface area contributed by atoms with Crippen molar-refractivity contribution in [1.82, 2.24) is 20.2 Å². The predicted octanol–water partition coefficient (Wildman–Crippen LogP) is 2.30. The number of amides is 2. The molecule has 2 heterocycles. The van der Waals surface area contributed by atoms with E-state index in [1.165, 1.54) is 4.90 Å². The van der Waals surface area contributed by atoms with Crippen molar-refractivity contribution in [3.63, 3.8) is 0 Å². The van der Waals surface area contributed by atoms with E-state index >= 15 is 0 Å². The number of nitrogens with zero attached hydrogens (tertiary/aromatic N) is 3. The summed E-state index contributed by atoms with van der Waals surface area (Å²) in [6.07, 6.45) is 5.34. The Morgan fingerprint density at radius 3 is 2.53 bits per heavy atom.